The highest BCUT2D eigenvalue weighted by atomic mass is 16.2. The molecule has 2 aromatic carbocycles. The van der Waals surface area contributed by atoms with E-state index in [9.17, 15) is 14.4 Å². The lowest BCUT2D eigenvalue weighted by atomic mass is 9.99. The number of rotatable bonds is 6. The van der Waals surface area contributed by atoms with Crippen molar-refractivity contribution < 1.29 is 14.4 Å². The van der Waals surface area contributed by atoms with E-state index in [2.05, 4.69) is 10.9 Å². The quantitative estimate of drug-likeness (QED) is 0.500. The first kappa shape index (κ1) is 20.1. The van der Waals surface area contributed by atoms with E-state index in [1.807, 2.05) is 73.3 Å². The van der Waals surface area contributed by atoms with E-state index in [0.717, 1.165) is 11.1 Å². The molecule has 0 atom stereocenters. The van der Waals surface area contributed by atoms with Gasteiger partial charge in [-0.1, -0.05) is 29.8 Å². The highest BCUT2D eigenvalue weighted by Crippen LogP contribution is 2.15. The summed E-state index contributed by atoms with van der Waals surface area (Å²) in [5.41, 5.74) is 8.45. The molecule has 29 heavy (non-hydrogen) atoms. The number of aromatic nitrogens is 1. The predicted octanol–water partition coefficient (Wildman–Crippen LogP) is 3.52. The summed E-state index contributed by atoms with van der Waals surface area (Å²) in [5, 5.41) is 0. The molecule has 0 bridgehead atoms. The summed E-state index contributed by atoms with van der Waals surface area (Å²) in [5.74, 6) is -0.940. The van der Waals surface area contributed by atoms with Crippen LogP contribution in [0.5, 0.6) is 0 Å². The van der Waals surface area contributed by atoms with Crippen LogP contribution in [-0.2, 0) is 4.79 Å². The van der Waals surface area contributed by atoms with Crippen LogP contribution < -0.4 is 10.9 Å². The molecule has 0 aliphatic carbocycles. The molecule has 148 valence electrons. The van der Waals surface area contributed by atoms with E-state index >= 15 is 0 Å². The molecule has 3 rings (SSSR count). The van der Waals surface area contributed by atoms with Crippen LogP contribution in [0.4, 0.5) is 0 Å². The number of aryl methyl sites for hydroxylation is 2. The number of benzene rings is 2. The molecule has 6 nitrogen and oxygen atoms in total. The normalized spacial score (nSPS) is 10.4. The number of hydrazine groups is 1. The minimum Gasteiger partial charge on any atom is -0.323 e. The zero-order valence-corrected chi connectivity index (χ0v) is 16.4. The van der Waals surface area contributed by atoms with E-state index in [1.54, 1.807) is 12.1 Å². The van der Waals surface area contributed by atoms with Crippen LogP contribution in [-0.4, -0.2) is 22.2 Å². The highest BCUT2D eigenvalue weighted by molar-refractivity contribution is 6.00. The lowest BCUT2D eigenvalue weighted by Gasteiger charge is -2.12. The molecule has 0 saturated heterocycles. The van der Waals surface area contributed by atoms with Crippen LogP contribution >= 0.6 is 0 Å². The third-order valence-electron chi connectivity index (χ3n) is 4.62. The number of hydrogen-bond donors (Lipinski definition) is 2. The molecule has 2 amide bonds. The van der Waals surface area contributed by atoms with Gasteiger partial charge in [0.1, 0.15) is 0 Å². The molecule has 0 saturated carbocycles. The minimum atomic E-state index is -0.427. The third-order valence-corrected chi connectivity index (χ3v) is 4.62. The number of ketones is 1. The van der Waals surface area contributed by atoms with Crippen LogP contribution in [0.2, 0.25) is 0 Å². The number of para-hydroxylation sites is 1. The Bertz CT molecular complexity index is 1040. The van der Waals surface area contributed by atoms with E-state index in [4.69, 9.17) is 0 Å². The third kappa shape index (κ3) is 4.99. The topological polar surface area (TPSA) is 80.2 Å². The van der Waals surface area contributed by atoms with Gasteiger partial charge >= 0.3 is 0 Å². The zero-order chi connectivity index (χ0) is 20.8. The van der Waals surface area contributed by atoms with Crippen molar-refractivity contribution in [2.45, 2.75) is 26.7 Å². The van der Waals surface area contributed by atoms with Gasteiger partial charge in [-0.25, -0.2) is 0 Å². The van der Waals surface area contributed by atoms with E-state index in [-0.39, 0.29) is 18.6 Å². The molecule has 0 spiro atoms. The van der Waals surface area contributed by atoms with E-state index in [1.165, 1.54) is 0 Å². The van der Waals surface area contributed by atoms with Crippen molar-refractivity contribution in [2.75, 3.05) is 0 Å². The van der Waals surface area contributed by atoms with Crippen LogP contribution in [0, 0.1) is 13.8 Å². The minimum absolute atomic E-state index is 0.00819. The summed E-state index contributed by atoms with van der Waals surface area (Å²) >= 11 is 0. The van der Waals surface area contributed by atoms with Gasteiger partial charge in [-0.3, -0.25) is 25.2 Å². The Morgan fingerprint density at radius 3 is 2.31 bits per heavy atom. The van der Waals surface area contributed by atoms with E-state index < -0.39 is 11.8 Å². The van der Waals surface area contributed by atoms with Crippen LogP contribution in [0.1, 0.15) is 44.7 Å². The molecule has 0 aliphatic rings. The maximum Gasteiger partial charge on any atom is 0.271 e. The zero-order valence-electron chi connectivity index (χ0n) is 16.4. The largest absolute Gasteiger partial charge is 0.323 e. The number of amides is 2. The summed E-state index contributed by atoms with van der Waals surface area (Å²) < 4.78 is 1.82. The summed E-state index contributed by atoms with van der Waals surface area (Å²) in [6, 6.07) is 16.5. The Kier molecular flexibility index (Phi) is 6.24. The van der Waals surface area contributed by atoms with Gasteiger partial charge in [0.05, 0.1) is 11.3 Å². The first-order valence-electron chi connectivity index (χ1n) is 9.37. The smallest absolute Gasteiger partial charge is 0.271 e. The van der Waals surface area contributed by atoms with Crippen LogP contribution in [0.15, 0.2) is 67.0 Å². The number of carbonyl (C=O) groups excluding carboxylic acids is 3. The van der Waals surface area contributed by atoms with E-state index in [0.29, 0.717) is 16.8 Å². The molecule has 1 aromatic heterocycles. The van der Waals surface area contributed by atoms with Crippen molar-refractivity contribution in [1.82, 2.24) is 15.4 Å². The Labute approximate surface area is 169 Å². The van der Waals surface area contributed by atoms with Gasteiger partial charge in [-0.15, -0.1) is 0 Å². The number of carbonyl (C=O) groups is 3. The second-order valence-electron chi connectivity index (χ2n) is 6.85. The Morgan fingerprint density at radius 1 is 0.828 bits per heavy atom. The Hall–Kier alpha value is -3.67. The van der Waals surface area contributed by atoms with Gasteiger partial charge in [0.2, 0.25) is 5.91 Å². The maximum atomic E-state index is 12.5. The summed E-state index contributed by atoms with van der Waals surface area (Å²) in [6.45, 7) is 3.79. The average molecular weight is 389 g/mol. The van der Waals surface area contributed by atoms with Gasteiger partial charge in [-0.05, 0) is 49.7 Å². The lowest BCUT2D eigenvalue weighted by molar-refractivity contribution is -0.121. The highest BCUT2D eigenvalue weighted by Gasteiger charge is 2.15. The monoisotopic (exact) mass is 389 g/mol. The Balaban J connectivity index is 1.56. The average Bonchev–Trinajstić information content (AvgIpc) is 3.26. The second kappa shape index (κ2) is 9.01. The molecule has 0 radical (unpaired) electrons. The summed E-state index contributed by atoms with van der Waals surface area (Å²) in [6.07, 6.45) is 3.74. The molecule has 0 fully saturated rings. The Morgan fingerprint density at radius 2 is 1.55 bits per heavy atom. The van der Waals surface area contributed by atoms with Gasteiger partial charge in [0.15, 0.2) is 5.78 Å². The van der Waals surface area contributed by atoms with Gasteiger partial charge < -0.3 is 4.57 Å². The fraction of sp³-hybridized carbons (Fsp3) is 0.174. The number of hydrogen-bond acceptors (Lipinski definition) is 3. The number of nitrogens with zero attached hydrogens (tertiary/aromatic N) is 1. The number of nitrogens with one attached hydrogen (secondary N) is 2. The van der Waals surface area contributed by atoms with Crippen LogP contribution in [0.25, 0.3) is 5.69 Å². The maximum absolute atomic E-state index is 12.5. The number of Topliss-reactive ketones (excluding diaryl/α,β-unsaturated/α-hetero) is 1. The molecule has 0 unspecified atom stereocenters. The summed E-state index contributed by atoms with van der Waals surface area (Å²) in [4.78, 5) is 37.0. The molecule has 2 N–H and O–H groups in total. The van der Waals surface area contributed by atoms with Crippen LogP contribution in [0.3, 0.4) is 0 Å². The fourth-order valence-corrected chi connectivity index (χ4v) is 3.04. The van der Waals surface area contributed by atoms with Gasteiger partial charge in [0, 0.05) is 30.8 Å². The van der Waals surface area contributed by atoms with Gasteiger partial charge in [-0.2, -0.15) is 0 Å². The van der Waals surface area contributed by atoms with Crippen molar-refractivity contribution in [2.24, 2.45) is 0 Å². The molecule has 0 aliphatic heterocycles. The fourth-order valence-electron chi connectivity index (χ4n) is 3.04. The van der Waals surface area contributed by atoms with Crippen molar-refractivity contribution >= 4 is 17.6 Å². The second-order valence-corrected chi connectivity index (χ2v) is 6.85. The molecular formula is C23H23N3O3. The molecule has 1 heterocycles. The SMILES string of the molecule is Cc1ccc(C)c(C(=O)CCC(=O)NNC(=O)c2ccccc2-n2cccc2)c1. The first-order chi connectivity index (χ1) is 14.0. The van der Waals surface area contributed by atoms with Crippen molar-refractivity contribution in [1.29, 1.82) is 0 Å². The first-order valence-corrected chi connectivity index (χ1v) is 9.37. The molecule has 3 aromatic rings. The molecule has 6 heteroatoms. The van der Waals surface area contributed by atoms with Crippen molar-refractivity contribution in [3.63, 3.8) is 0 Å². The predicted molar refractivity (Wildman–Crippen MR) is 111 cm³/mol. The summed E-state index contributed by atoms with van der Waals surface area (Å²) in [7, 11) is 0. The van der Waals surface area contributed by atoms with Crippen molar-refractivity contribution in [3.05, 3.63) is 89.2 Å². The van der Waals surface area contributed by atoms with Crippen molar-refractivity contribution in [3.8, 4) is 5.69 Å². The van der Waals surface area contributed by atoms with Gasteiger partial charge in [0.25, 0.3) is 5.91 Å². The lowest BCUT2D eigenvalue weighted by Crippen LogP contribution is -2.42. The molecular weight excluding hydrogens is 366 g/mol. The standard InChI is InChI=1S/C23H23N3O3/c1-16-9-10-17(2)19(15-16)21(27)11-12-22(28)24-25-23(29)18-7-3-4-8-20(18)26-13-5-6-14-26/h3-10,13-15H,11-12H2,1-2H3,(H,24,28)(H,25,29).